The van der Waals surface area contributed by atoms with Gasteiger partial charge in [-0.1, -0.05) is 29.3 Å². The van der Waals surface area contributed by atoms with Gasteiger partial charge in [-0.15, -0.1) is 0 Å². The Balaban J connectivity index is 1.84. The second-order valence-electron chi connectivity index (χ2n) is 4.75. The zero-order valence-electron chi connectivity index (χ0n) is 10.5. The van der Waals surface area contributed by atoms with Crippen LogP contribution < -0.4 is 0 Å². The van der Waals surface area contributed by atoms with Gasteiger partial charge >= 0.3 is 0 Å². The maximum absolute atomic E-state index is 12.5. The molecule has 5 heteroatoms. The molecule has 2 heterocycles. The van der Waals surface area contributed by atoms with E-state index in [1.54, 1.807) is 11.9 Å². The minimum Gasteiger partial charge on any atom is -0.235 e. The number of piperidine rings is 1. The number of benzene rings is 1. The van der Waals surface area contributed by atoms with Crippen LogP contribution in [0.4, 0.5) is 0 Å². The largest absolute Gasteiger partial charge is 0.235 e. The number of hydrogen-bond donors (Lipinski definition) is 0. The average molecular weight is 282 g/mol. The first-order valence-electron chi connectivity index (χ1n) is 6.57. The van der Waals surface area contributed by atoms with Crippen LogP contribution in [0.15, 0.2) is 34.1 Å². The lowest BCUT2D eigenvalue weighted by Gasteiger charge is -2.38. The highest BCUT2D eigenvalue weighted by Gasteiger charge is 2.36. The average Bonchev–Trinajstić information content (AvgIpc) is 2.76. The third kappa shape index (κ3) is 2.13. The molecule has 3 nitrogen and oxygen atoms in total. The summed E-state index contributed by atoms with van der Waals surface area (Å²) in [6, 6.07) is 8.56. The molecule has 2 aliphatic heterocycles. The summed E-state index contributed by atoms with van der Waals surface area (Å²) in [5.74, 6) is 0. The molecular weight excluding hydrogens is 264 g/mol. The van der Waals surface area contributed by atoms with Crippen LogP contribution in [0.3, 0.4) is 0 Å². The second-order valence-corrected chi connectivity index (χ2v) is 7.23. The van der Waals surface area contributed by atoms with Crippen molar-refractivity contribution in [1.82, 2.24) is 8.83 Å². The first kappa shape index (κ1) is 12.7. The molecule has 0 bridgehead atoms. The van der Waals surface area contributed by atoms with Crippen molar-refractivity contribution in [2.45, 2.75) is 48.4 Å². The van der Waals surface area contributed by atoms with E-state index in [0.29, 0.717) is 6.04 Å². The van der Waals surface area contributed by atoms with Gasteiger partial charge in [0.1, 0.15) is 0 Å². The summed E-state index contributed by atoms with van der Waals surface area (Å²) in [5, 5.41) is 2.32. The highest BCUT2D eigenvalue weighted by molar-refractivity contribution is 8.08. The van der Waals surface area contributed by atoms with Gasteiger partial charge in [-0.25, -0.2) is 9.22 Å². The number of hydrazine groups is 1. The molecule has 3 rings (SSSR count). The Morgan fingerprint density at radius 3 is 3.00 bits per heavy atom. The number of fused-ring (bicyclic) bond motifs is 1. The molecule has 18 heavy (non-hydrogen) atoms. The van der Waals surface area contributed by atoms with Gasteiger partial charge in [0.05, 0.1) is 4.90 Å². The van der Waals surface area contributed by atoms with Gasteiger partial charge in [0, 0.05) is 17.5 Å². The Morgan fingerprint density at radius 1 is 1.39 bits per heavy atom. The van der Waals surface area contributed by atoms with E-state index in [-0.39, 0.29) is 0 Å². The van der Waals surface area contributed by atoms with Gasteiger partial charge in [-0.05, 0) is 43.3 Å². The maximum Gasteiger partial charge on any atom is 0.153 e. The molecule has 0 aliphatic carbocycles. The number of hydrogen-bond acceptors (Lipinski definition) is 3. The van der Waals surface area contributed by atoms with Gasteiger partial charge in [0.2, 0.25) is 0 Å². The Labute approximate surface area is 115 Å². The standard InChI is InChI=1S/C13H18N2OS2/c1-2-11-7-5-6-10-14(11)15-17-12-8-3-4-9-13(12)18(15)16/h3-4,8-9,11H,2,5-7,10H2,1H3. The lowest BCUT2D eigenvalue weighted by atomic mass is 10.0. The lowest BCUT2D eigenvalue weighted by molar-refractivity contribution is 0.0555. The molecular formula is C13H18N2OS2. The zero-order chi connectivity index (χ0) is 12.5. The molecule has 2 atom stereocenters. The van der Waals surface area contributed by atoms with Crippen molar-refractivity contribution in [2.24, 2.45) is 0 Å². The Bertz CT molecular complexity index is 466. The van der Waals surface area contributed by atoms with Crippen molar-refractivity contribution in [3.05, 3.63) is 24.3 Å². The minimum atomic E-state index is -1.03. The van der Waals surface area contributed by atoms with E-state index in [0.717, 1.165) is 22.8 Å². The molecule has 1 fully saturated rings. The third-order valence-corrected chi connectivity index (χ3v) is 6.54. The van der Waals surface area contributed by atoms with Crippen LogP contribution in [-0.4, -0.2) is 25.6 Å². The predicted molar refractivity (Wildman–Crippen MR) is 75.2 cm³/mol. The molecule has 0 N–H and O–H groups in total. The summed E-state index contributed by atoms with van der Waals surface area (Å²) in [6.45, 7) is 3.25. The van der Waals surface area contributed by atoms with E-state index in [2.05, 4.69) is 18.0 Å². The van der Waals surface area contributed by atoms with Gasteiger partial charge in [-0.3, -0.25) is 0 Å². The molecule has 1 saturated heterocycles. The van der Waals surface area contributed by atoms with E-state index in [9.17, 15) is 4.21 Å². The first-order chi connectivity index (χ1) is 8.81. The Morgan fingerprint density at radius 2 is 2.22 bits per heavy atom. The quantitative estimate of drug-likeness (QED) is 0.778. The molecule has 2 aliphatic rings. The fourth-order valence-electron chi connectivity index (χ4n) is 2.63. The monoisotopic (exact) mass is 282 g/mol. The summed E-state index contributed by atoms with van der Waals surface area (Å²) in [7, 11) is -1.03. The summed E-state index contributed by atoms with van der Waals surface area (Å²) in [6.07, 6.45) is 4.86. The fourth-order valence-corrected chi connectivity index (χ4v) is 5.51. The molecule has 0 saturated carbocycles. The normalized spacial score (nSPS) is 29.4. The van der Waals surface area contributed by atoms with Crippen LogP contribution in [0.25, 0.3) is 0 Å². The van der Waals surface area contributed by atoms with Crippen LogP contribution in [0.1, 0.15) is 32.6 Å². The SMILES string of the molecule is CCC1CCCCN1N1Sc2ccccc2S1=O. The van der Waals surface area contributed by atoms with Crippen molar-refractivity contribution in [3.63, 3.8) is 0 Å². The molecule has 0 radical (unpaired) electrons. The van der Waals surface area contributed by atoms with Crippen molar-refractivity contribution >= 4 is 22.9 Å². The first-order valence-corrected chi connectivity index (χ1v) is 8.45. The van der Waals surface area contributed by atoms with E-state index in [4.69, 9.17) is 0 Å². The van der Waals surface area contributed by atoms with Crippen LogP contribution in [-0.2, 0) is 11.0 Å². The van der Waals surface area contributed by atoms with E-state index >= 15 is 0 Å². The zero-order valence-corrected chi connectivity index (χ0v) is 12.2. The van der Waals surface area contributed by atoms with Gasteiger partial charge in [-0.2, -0.15) is 0 Å². The maximum atomic E-state index is 12.5. The molecule has 2 unspecified atom stereocenters. The second kappa shape index (κ2) is 5.33. The van der Waals surface area contributed by atoms with Crippen molar-refractivity contribution in [1.29, 1.82) is 0 Å². The Kier molecular flexibility index (Phi) is 3.75. The molecule has 0 spiro atoms. The predicted octanol–water partition coefficient (Wildman–Crippen LogP) is 3.21. The molecule has 0 aromatic heterocycles. The number of nitrogens with zero attached hydrogens (tertiary/aromatic N) is 2. The van der Waals surface area contributed by atoms with Crippen molar-refractivity contribution in [2.75, 3.05) is 6.54 Å². The molecule has 0 amide bonds. The smallest absolute Gasteiger partial charge is 0.153 e. The van der Waals surface area contributed by atoms with Gasteiger partial charge < -0.3 is 0 Å². The van der Waals surface area contributed by atoms with Crippen LogP contribution >= 0.6 is 11.9 Å². The van der Waals surface area contributed by atoms with Crippen LogP contribution in [0.2, 0.25) is 0 Å². The highest BCUT2D eigenvalue weighted by atomic mass is 32.2. The highest BCUT2D eigenvalue weighted by Crippen LogP contribution is 2.42. The summed E-state index contributed by atoms with van der Waals surface area (Å²) >= 11 is 1.63. The van der Waals surface area contributed by atoms with Crippen molar-refractivity contribution in [3.8, 4) is 0 Å². The van der Waals surface area contributed by atoms with E-state index in [1.807, 2.05) is 22.0 Å². The molecule has 1 aromatic carbocycles. The van der Waals surface area contributed by atoms with Crippen LogP contribution in [0, 0.1) is 0 Å². The molecule has 1 aromatic rings. The third-order valence-electron chi connectivity index (χ3n) is 3.63. The number of rotatable bonds is 2. The van der Waals surface area contributed by atoms with E-state index < -0.39 is 11.0 Å². The summed E-state index contributed by atoms with van der Waals surface area (Å²) in [4.78, 5) is 2.10. The Hall–Kier alpha value is -0.360. The summed E-state index contributed by atoms with van der Waals surface area (Å²) < 4.78 is 14.5. The minimum absolute atomic E-state index is 0.546. The van der Waals surface area contributed by atoms with Gasteiger partial charge in [0.15, 0.2) is 11.0 Å². The molecule has 98 valence electrons. The topological polar surface area (TPSA) is 23.6 Å². The fraction of sp³-hybridized carbons (Fsp3) is 0.538. The van der Waals surface area contributed by atoms with Gasteiger partial charge in [0.25, 0.3) is 0 Å². The van der Waals surface area contributed by atoms with Crippen LogP contribution in [0.5, 0.6) is 0 Å². The van der Waals surface area contributed by atoms with Crippen molar-refractivity contribution < 1.29 is 4.21 Å². The van der Waals surface area contributed by atoms with E-state index in [1.165, 1.54) is 19.3 Å². The lowest BCUT2D eigenvalue weighted by Crippen LogP contribution is -2.47. The summed E-state index contributed by atoms with van der Waals surface area (Å²) in [5.41, 5.74) is 0.